The van der Waals surface area contributed by atoms with Gasteiger partial charge in [-0.2, -0.15) is 0 Å². The first-order chi connectivity index (χ1) is 30.8. The topological polar surface area (TPSA) is 3.24 Å². The van der Waals surface area contributed by atoms with Gasteiger partial charge in [0, 0.05) is 21.4 Å². The maximum Gasteiger partial charge on any atom is 0.182 e. The molecule has 3 heteroatoms. The number of allylic oxidation sites excluding steroid dienone is 4. The Bertz CT molecular complexity index is 3310. The standard InChI is InChI=1S/C60H45NSSi/c1-36-25-31-51-48(33-36)60(49-34-37(2)26-32-52(49)62-51)46-20-10-11-21-50(46)61(58-47(60)30-29-44-39-15-5-9-19-45(39)59(3,4)57(44)58)38-27-28-43-42-18-8-14-24-55(42)63(56(43)35-38)53-22-12-6-16-40(53)41-17-7-13-23-54(41)63/h5-35,39,45H,1-4H3. The minimum absolute atomic E-state index is 0.140. The van der Waals surface area contributed by atoms with Crippen LogP contribution in [0.15, 0.2) is 198 Å². The molecule has 2 unspecified atom stereocenters. The molecular weight excluding hydrogens is 795 g/mol. The smallest absolute Gasteiger partial charge is 0.182 e. The SMILES string of the molecule is Cc1ccc2c(c1)C1(c3cc(C)ccc3S2)c2ccccc2N(c2ccc3c(c2)[Si]2(c4ccccc4-c4ccccc42)c2ccccc2-3)c2c1ccc1c2C(C)(C)C2C=CC=CC12. The van der Waals surface area contributed by atoms with Crippen molar-refractivity contribution in [1.82, 2.24) is 0 Å². The number of fused-ring (bicyclic) bond motifs is 22. The summed E-state index contributed by atoms with van der Waals surface area (Å²) in [6.45, 7) is 9.57. The van der Waals surface area contributed by atoms with Crippen LogP contribution in [-0.2, 0) is 10.8 Å². The van der Waals surface area contributed by atoms with E-state index in [0.29, 0.717) is 11.8 Å². The Morgan fingerprint density at radius 2 is 1.08 bits per heavy atom. The van der Waals surface area contributed by atoms with Crippen molar-refractivity contribution in [3.63, 3.8) is 0 Å². The van der Waals surface area contributed by atoms with Crippen LogP contribution in [0.1, 0.15) is 64.3 Å². The summed E-state index contributed by atoms with van der Waals surface area (Å²) in [4.78, 5) is 5.41. The molecule has 4 aliphatic heterocycles. The molecule has 0 bridgehead atoms. The third-order valence-electron chi connectivity index (χ3n) is 15.9. The Balaban J connectivity index is 1.13. The average molecular weight is 840 g/mol. The molecule has 2 atom stereocenters. The summed E-state index contributed by atoms with van der Waals surface area (Å²) in [6, 6.07) is 64.5. The monoisotopic (exact) mass is 839 g/mol. The van der Waals surface area contributed by atoms with Crippen molar-refractivity contribution < 1.29 is 0 Å². The predicted molar refractivity (Wildman–Crippen MR) is 266 cm³/mol. The molecule has 300 valence electrons. The summed E-state index contributed by atoms with van der Waals surface area (Å²) >= 11 is 1.94. The Labute approximate surface area is 375 Å². The molecule has 2 aliphatic carbocycles. The number of hydrogen-bond donors (Lipinski definition) is 0. The van der Waals surface area contributed by atoms with Gasteiger partial charge >= 0.3 is 0 Å². The van der Waals surface area contributed by atoms with Gasteiger partial charge in [0.2, 0.25) is 0 Å². The van der Waals surface area contributed by atoms with Gasteiger partial charge in [0.05, 0.1) is 16.8 Å². The van der Waals surface area contributed by atoms with Gasteiger partial charge in [-0.25, -0.2) is 0 Å². The fraction of sp³-hybridized carbons (Fsp3) is 0.133. The zero-order chi connectivity index (χ0) is 42.0. The minimum Gasteiger partial charge on any atom is -0.310 e. The van der Waals surface area contributed by atoms with Crippen molar-refractivity contribution >= 4 is 57.6 Å². The second kappa shape index (κ2) is 12.4. The Hall–Kier alpha value is -6.39. The van der Waals surface area contributed by atoms with E-state index in [0.717, 1.165) is 0 Å². The summed E-state index contributed by atoms with van der Waals surface area (Å²) in [5.74, 6) is 0.685. The normalized spacial score (nSPS) is 19.6. The van der Waals surface area contributed by atoms with E-state index in [1.807, 2.05) is 11.8 Å². The first-order valence-electron chi connectivity index (χ1n) is 22.6. The lowest BCUT2D eigenvalue weighted by molar-refractivity contribution is 0.394. The van der Waals surface area contributed by atoms with Crippen LogP contribution in [0.3, 0.4) is 0 Å². The minimum atomic E-state index is -2.70. The highest BCUT2D eigenvalue weighted by molar-refractivity contribution is 7.99. The second-order valence-corrected chi connectivity index (χ2v) is 24.0. The molecule has 0 saturated heterocycles. The molecule has 4 heterocycles. The van der Waals surface area contributed by atoms with Crippen LogP contribution in [0.25, 0.3) is 22.3 Å². The highest BCUT2D eigenvalue weighted by Crippen LogP contribution is 2.67. The van der Waals surface area contributed by atoms with Crippen LogP contribution in [0.5, 0.6) is 0 Å². The molecule has 14 rings (SSSR count). The van der Waals surface area contributed by atoms with E-state index >= 15 is 0 Å². The number of anilines is 3. The van der Waals surface area contributed by atoms with Crippen molar-refractivity contribution in [2.24, 2.45) is 5.92 Å². The van der Waals surface area contributed by atoms with E-state index in [2.05, 4.69) is 221 Å². The highest BCUT2D eigenvalue weighted by atomic mass is 32.2. The third kappa shape index (κ3) is 4.31. The molecule has 1 nitrogen and oxygen atoms in total. The van der Waals surface area contributed by atoms with Gasteiger partial charge in [0.15, 0.2) is 8.07 Å². The molecule has 6 aliphatic rings. The number of nitrogens with zero attached hydrogens (tertiary/aromatic N) is 1. The molecule has 0 saturated carbocycles. The summed E-state index contributed by atoms with van der Waals surface area (Å²) in [5, 5.41) is 6.03. The summed E-state index contributed by atoms with van der Waals surface area (Å²) < 4.78 is 0. The molecular formula is C60H45NSSi. The van der Waals surface area contributed by atoms with Gasteiger partial charge in [-0.05, 0) is 132 Å². The molecule has 0 N–H and O–H groups in total. The lowest BCUT2D eigenvalue weighted by atomic mass is 9.60. The van der Waals surface area contributed by atoms with E-state index in [4.69, 9.17) is 0 Å². The maximum absolute atomic E-state index is 2.73. The summed E-state index contributed by atoms with van der Waals surface area (Å²) in [5.41, 5.74) is 19.8. The van der Waals surface area contributed by atoms with Crippen LogP contribution in [0, 0.1) is 19.8 Å². The number of hydrogen-bond acceptors (Lipinski definition) is 2. The van der Waals surface area contributed by atoms with Crippen LogP contribution in [-0.4, -0.2) is 8.07 Å². The van der Waals surface area contributed by atoms with Gasteiger partial charge in [-0.15, -0.1) is 0 Å². The van der Waals surface area contributed by atoms with E-state index in [1.165, 1.54) is 114 Å². The van der Waals surface area contributed by atoms with Crippen molar-refractivity contribution in [1.29, 1.82) is 0 Å². The maximum atomic E-state index is 2.73. The molecule has 0 aromatic heterocycles. The molecule has 0 radical (unpaired) electrons. The summed E-state index contributed by atoms with van der Waals surface area (Å²) in [6.07, 6.45) is 9.51. The first-order valence-corrected chi connectivity index (χ1v) is 25.4. The van der Waals surface area contributed by atoms with Gasteiger partial charge in [0.25, 0.3) is 0 Å². The van der Waals surface area contributed by atoms with Gasteiger partial charge in [-0.3, -0.25) is 0 Å². The van der Waals surface area contributed by atoms with Crippen molar-refractivity contribution in [2.45, 2.75) is 54.2 Å². The zero-order valence-corrected chi connectivity index (χ0v) is 37.7. The van der Waals surface area contributed by atoms with Crippen LogP contribution in [0.2, 0.25) is 0 Å². The number of aryl methyl sites for hydroxylation is 2. The predicted octanol–water partition coefficient (Wildman–Crippen LogP) is 12.4. The van der Waals surface area contributed by atoms with Crippen LogP contribution >= 0.6 is 11.8 Å². The molecule has 8 aromatic rings. The lowest BCUT2D eigenvalue weighted by Gasteiger charge is -2.50. The van der Waals surface area contributed by atoms with Crippen molar-refractivity contribution in [2.75, 3.05) is 4.90 Å². The van der Waals surface area contributed by atoms with Gasteiger partial charge in [0.1, 0.15) is 0 Å². The average Bonchev–Trinajstić information content (AvgIpc) is 3.87. The number of rotatable bonds is 1. The quantitative estimate of drug-likeness (QED) is 0.152. The lowest BCUT2D eigenvalue weighted by Crippen LogP contribution is -2.70. The second-order valence-electron chi connectivity index (χ2n) is 19.3. The van der Waals surface area contributed by atoms with E-state index in [1.54, 1.807) is 0 Å². The number of para-hydroxylation sites is 1. The molecule has 0 amide bonds. The summed E-state index contributed by atoms with van der Waals surface area (Å²) in [7, 11) is -2.70. The van der Waals surface area contributed by atoms with E-state index in [-0.39, 0.29) is 5.41 Å². The Morgan fingerprint density at radius 3 is 1.73 bits per heavy atom. The first kappa shape index (κ1) is 36.1. The molecule has 8 aromatic carbocycles. The van der Waals surface area contributed by atoms with Crippen molar-refractivity contribution in [3.05, 3.63) is 233 Å². The highest BCUT2D eigenvalue weighted by Gasteiger charge is 2.57. The molecule has 2 spiro atoms. The third-order valence-corrected chi connectivity index (χ3v) is 22.0. The fourth-order valence-corrected chi connectivity index (χ4v) is 20.3. The van der Waals surface area contributed by atoms with Gasteiger partial charge in [-0.1, -0.05) is 195 Å². The van der Waals surface area contributed by atoms with E-state index in [9.17, 15) is 0 Å². The largest absolute Gasteiger partial charge is 0.310 e. The van der Waals surface area contributed by atoms with E-state index < -0.39 is 13.5 Å². The Morgan fingerprint density at radius 1 is 0.508 bits per heavy atom. The molecule has 0 fully saturated rings. The molecule has 63 heavy (non-hydrogen) atoms. The van der Waals surface area contributed by atoms with Crippen LogP contribution < -0.4 is 25.6 Å². The number of benzene rings is 8. The fourth-order valence-electron chi connectivity index (χ4n) is 13.5. The van der Waals surface area contributed by atoms with Gasteiger partial charge < -0.3 is 4.90 Å². The van der Waals surface area contributed by atoms with Crippen molar-refractivity contribution in [3.8, 4) is 22.3 Å². The Kier molecular flexibility index (Phi) is 7.11. The van der Waals surface area contributed by atoms with Crippen LogP contribution in [0.4, 0.5) is 17.1 Å². The zero-order valence-electron chi connectivity index (χ0n) is 35.9.